The van der Waals surface area contributed by atoms with Crippen LogP contribution in [0.2, 0.25) is 5.02 Å². The first-order chi connectivity index (χ1) is 9.08. The highest BCUT2D eigenvalue weighted by Crippen LogP contribution is 2.36. The van der Waals surface area contributed by atoms with Crippen molar-refractivity contribution in [2.24, 2.45) is 10.7 Å². The van der Waals surface area contributed by atoms with E-state index in [2.05, 4.69) is 47.5 Å². The zero-order valence-electron chi connectivity index (χ0n) is 11.2. The second kappa shape index (κ2) is 6.78. The smallest absolute Gasteiger partial charge is 0.321 e. The lowest BCUT2D eigenvalue weighted by Gasteiger charge is -2.20. The molecule has 5 nitrogen and oxygen atoms in total. The van der Waals surface area contributed by atoms with E-state index in [4.69, 9.17) is 17.3 Å². The van der Waals surface area contributed by atoms with Crippen LogP contribution in [-0.2, 0) is 0 Å². The molecule has 0 aliphatic rings. The Kier molecular flexibility index (Phi) is 5.85. The number of halogens is 3. The van der Waals surface area contributed by atoms with Crippen molar-refractivity contribution in [1.82, 2.24) is 10.6 Å². The number of nitrogens with two attached hydrogens (primary N) is 1. The zero-order valence-corrected chi connectivity index (χ0v) is 15.1. The predicted molar refractivity (Wildman–Crippen MR) is 89.6 cm³/mol. The van der Waals surface area contributed by atoms with Gasteiger partial charge in [0.05, 0.1) is 10.7 Å². The van der Waals surface area contributed by atoms with Gasteiger partial charge >= 0.3 is 6.03 Å². The van der Waals surface area contributed by atoms with Gasteiger partial charge in [0.25, 0.3) is 0 Å². The number of aliphatic imine (C=N–C) groups is 1. The second-order valence-corrected chi connectivity index (χ2v) is 7.22. The van der Waals surface area contributed by atoms with Crippen LogP contribution in [0, 0.1) is 0 Å². The molecule has 0 saturated carbocycles. The Morgan fingerprint density at radius 1 is 1.35 bits per heavy atom. The molecule has 8 heteroatoms. The van der Waals surface area contributed by atoms with Crippen LogP contribution in [0.3, 0.4) is 0 Å². The molecule has 110 valence electrons. The van der Waals surface area contributed by atoms with Crippen molar-refractivity contribution in [2.75, 3.05) is 0 Å². The van der Waals surface area contributed by atoms with Crippen molar-refractivity contribution in [3.8, 4) is 0 Å². The molecule has 1 aromatic rings. The fraction of sp³-hybridized carbons (Fsp3) is 0.333. The van der Waals surface area contributed by atoms with E-state index in [0.29, 0.717) is 15.2 Å². The number of carbonyl (C=O) groups is 1. The number of urea groups is 1. The summed E-state index contributed by atoms with van der Waals surface area (Å²) in [5.74, 6) is -0.0447. The summed E-state index contributed by atoms with van der Waals surface area (Å²) < 4.78 is 1.48. The third-order valence-corrected chi connectivity index (χ3v) is 3.29. The van der Waals surface area contributed by atoms with E-state index in [1.54, 1.807) is 12.1 Å². The van der Waals surface area contributed by atoms with Crippen LogP contribution in [0.4, 0.5) is 10.5 Å². The molecular weight excluding hydrogens is 411 g/mol. The molecule has 1 rings (SSSR count). The van der Waals surface area contributed by atoms with Gasteiger partial charge in [-0.05, 0) is 48.8 Å². The summed E-state index contributed by atoms with van der Waals surface area (Å²) in [7, 11) is 0. The standard InChI is InChI=1S/C12H15Br2ClN4O/c1-12(2,3)19-11(20)18-10(16)17-9-7(14)4-6(13)5-8(9)15/h4-5H,1-3H3,(H4,16,17,18,19,20). The Morgan fingerprint density at radius 3 is 2.45 bits per heavy atom. The van der Waals surface area contributed by atoms with Crippen LogP contribution in [0.15, 0.2) is 26.1 Å². The lowest BCUT2D eigenvalue weighted by atomic mass is 10.1. The molecule has 0 heterocycles. The minimum Gasteiger partial charge on any atom is -0.369 e. The van der Waals surface area contributed by atoms with Crippen molar-refractivity contribution in [1.29, 1.82) is 0 Å². The number of amides is 2. The number of hydrogen-bond donors (Lipinski definition) is 3. The maximum absolute atomic E-state index is 11.6. The molecule has 20 heavy (non-hydrogen) atoms. The van der Waals surface area contributed by atoms with E-state index < -0.39 is 6.03 Å². The van der Waals surface area contributed by atoms with E-state index in [1.807, 2.05) is 20.8 Å². The van der Waals surface area contributed by atoms with Crippen molar-refractivity contribution in [2.45, 2.75) is 26.3 Å². The average molecular weight is 427 g/mol. The molecule has 0 spiro atoms. The molecule has 0 bridgehead atoms. The molecule has 0 unspecified atom stereocenters. The average Bonchev–Trinajstić information content (AvgIpc) is 2.20. The molecule has 0 aliphatic carbocycles. The van der Waals surface area contributed by atoms with E-state index in [9.17, 15) is 4.79 Å². The van der Waals surface area contributed by atoms with Crippen LogP contribution in [0.1, 0.15) is 20.8 Å². The molecule has 0 aromatic heterocycles. The Hall–Kier alpha value is -0.790. The summed E-state index contributed by atoms with van der Waals surface area (Å²) in [4.78, 5) is 15.7. The number of guanidine groups is 1. The summed E-state index contributed by atoms with van der Waals surface area (Å²) in [5.41, 5.74) is 5.77. The lowest BCUT2D eigenvalue weighted by molar-refractivity contribution is 0.236. The Bertz CT molecular complexity index is 532. The zero-order chi connectivity index (χ0) is 15.5. The van der Waals surface area contributed by atoms with Crippen LogP contribution in [0.5, 0.6) is 0 Å². The van der Waals surface area contributed by atoms with Crippen molar-refractivity contribution in [3.05, 3.63) is 26.1 Å². The summed E-state index contributed by atoms with van der Waals surface area (Å²) in [5, 5.41) is 5.56. The molecule has 2 amide bonds. The second-order valence-electron chi connectivity index (χ2n) is 5.04. The fourth-order valence-corrected chi connectivity index (χ4v) is 3.10. The van der Waals surface area contributed by atoms with E-state index >= 15 is 0 Å². The molecular formula is C12H15Br2ClN4O. The molecule has 0 saturated heterocycles. The largest absolute Gasteiger partial charge is 0.369 e. The SMILES string of the molecule is CC(C)(C)NC(=O)NC(N)=Nc1c(Cl)cc(Br)cc1Br. The fourth-order valence-electron chi connectivity index (χ4n) is 1.28. The maximum atomic E-state index is 11.6. The third-order valence-electron chi connectivity index (χ3n) is 1.94. The van der Waals surface area contributed by atoms with Gasteiger partial charge in [0, 0.05) is 14.5 Å². The summed E-state index contributed by atoms with van der Waals surface area (Å²) >= 11 is 12.7. The van der Waals surface area contributed by atoms with Gasteiger partial charge in [-0.25, -0.2) is 9.79 Å². The molecule has 0 aliphatic heterocycles. The molecule has 0 fully saturated rings. The van der Waals surface area contributed by atoms with Gasteiger partial charge in [-0.2, -0.15) is 0 Å². The van der Waals surface area contributed by atoms with Crippen LogP contribution < -0.4 is 16.4 Å². The molecule has 0 radical (unpaired) electrons. The Labute approximate surface area is 139 Å². The number of rotatable bonds is 1. The molecule has 1 aromatic carbocycles. The quantitative estimate of drug-likeness (QED) is 0.470. The van der Waals surface area contributed by atoms with Crippen LogP contribution in [-0.4, -0.2) is 17.5 Å². The van der Waals surface area contributed by atoms with E-state index in [-0.39, 0.29) is 11.5 Å². The van der Waals surface area contributed by atoms with Crippen LogP contribution in [0.25, 0.3) is 0 Å². The number of carbonyl (C=O) groups excluding carboxylic acids is 1. The molecule has 0 atom stereocenters. The maximum Gasteiger partial charge on any atom is 0.321 e. The third kappa shape index (κ3) is 5.68. The monoisotopic (exact) mass is 424 g/mol. The van der Waals surface area contributed by atoms with Gasteiger partial charge in [-0.1, -0.05) is 27.5 Å². The highest BCUT2D eigenvalue weighted by molar-refractivity contribution is 9.11. The predicted octanol–water partition coefficient (Wildman–Crippen LogP) is 3.91. The van der Waals surface area contributed by atoms with E-state index in [0.717, 1.165) is 4.47 Å². The molecule has 4 N–H and O–H groups in total. The topological polar surface area (TPSA) is 79.5 Å². The Balaban J connectivity index is 2.87. The summed E-state index contributed by atoms with van der Waals surface area (Å²) in [6, 6.07) is 3.05. The van der Waals surface area contributed by atoms with Gasteiger partial charge in [0.15, 0.2) is 0 Å². The van der Waals surface area contributed by atoms with Crippen molar-refractivity contribution >= 4 is 61.1 Å². The summed E-state index contributed by atoms with van der Waals surface area (Å²) in [6.45, 7) is 5.59. The van der Waals surface area contributed by atoms with Gasteiger partial charge in [-0.3, -0.25) is 5.32 Å². The lowest BCUT2D eigenvalue weighted by Crippen LogP contribution is -2.50. The minimum absolute atomic E-state index is 0.0447. The van der Waals surface area contributed by atoms with Crippen LogP contribution >= 0.6 is 43.5 Å². The normalized spacial score (nSPS) is 12.2. The number of benzene rings is 1. The highest BCUT2D eigenvalue weighted by atomic mass is 79.9. The van der Waals surface area contributed by atoms with Crippen molar-refractivity contribution in [3.63, 3.8) is 0 Å². The van der Waals surface area contributed by atoms with Gasteiger partial charge in [0.2, 0.25) is 5.96 Å². The Morgan fingerprint density at radius 2 is 1.95 bits per heavy atom. The van der Waals surface area contributed by atoms with Crippen molar-refractivity contribution < 1.29 is 4.79 Å². The first-order valence-corrected chi connectivity index (χ1v) is 7.63. The van der Waals surface area contributed by atoms with Gasteiger partial charge in [-0.15, -0.1) is 0 Å². The number of nitrogens with zero attached hydrogens (tertiary/aromatic N) is 1. The van der Waals surface area contributed by atoms with Gasteiger partial charge < -0.3 is 11.1 Å². The minimum atomic E-state index is -0.428. The number of hydrogen-bond acceptors (Lipinski definition) is 2. The summed E-state index contributed by atoms with van der Waals surface area (Å²) in [6.07, 6.45) is 0. The van der Waals surface area contributed by atoms with E-state index in [1.165, 1.54) is 0 Å². The number of nitrogens with one attached hydrogen (secondary N) is 2. The first kappa shape index (κ1) is 17.3. The highest BCUT2D eigenvalue weighted by Gasteiger charge is 2.14. The first-order valence-electron chi connectivity index (χ1n) is 5.66. The van der Waals surface area contributed by atoms with Gasteiger partial charge in [0.1, 0.15) is 0 Å².